The van der Waals surface area contributed by atoms with Crippen LogP contribution in [-0.4, -0.2) is 30.4 Å². The van der Waals surface area contributed by atoms with Gasteiger partial charge in [-0.2, -0.15) is 0 Å². The van der Waals surface area contributed by atoms with Crippen LogP contribution < -0.4 is 0 Å². The van der Waals surface area contributed by atoms with E-state index in [0.717, 1.165) is 18.9 Å². The molecule has 0 bridgehead atoms. The summed E-state index contributed by atoms with van der Waals surface area (Å²) >= 11 is 5.86. The zero-order valence-corrected chi connectivity index (χ0v) is 9.56. The molecule has 1 nitrogen and oxygen atoms in total. The number of halogens is 1. The maximum Gasteiger partial charge on any atom is 0.0320 e. The van der Waals surface area contributed by atoms with Crippen LogP contribution in [0.1, 0.15) is 33.6 Å². The molecule has 0 aromatic carbocycles. The molecule has 74 valence electrons. The van der Waals surface area contributed by atoms with Gasteiger partial charge in [0.2, 0.25) is 0 Å². The third kappa shape index (κ3) is 8.35. The van der Waals surface area contributed by atoms with Gasteiger partial charge in [0, 0.05) is 5.38 Å². The molecule has 1 atom stereocenters. The molecule has 0 fully saturated rings. The Morgan fingerprint density at radius 1 is 1.08 bits per heavy atom. The average molecular weight is 192 g/mol. The van der Waals surface area contributed by atoms with Gasteiger partial charge in [0.25, 0.3) is 0 Å². The van der Waals surface area contributed by atoms with E-state index < -0.39 is 0 Å². The van der Waals surface area contributed by atoms with Crippen LogP contribution in [0.5, 0.6) is 0 Å². The van der Waals surface area contributed by atoms with Crippen LogP contribution in [0.4, 0.5) is 0 Å². The molecule has 0 radical (unpaired) electrons. The van der Waals surface area contributed by atoms with E-state index in [0.29, 0.717) is 5.38 Å². The van der Waals surface area contributed by atoms with Crippen LogP contribution in [0.15, 0.2) is 0 Å². The molecular formula is C10H22ClN. The minimum atomic E-state index is 0.312. The van der Waals surface area contributed by atoms with E-state index in [1.807, 2.05) is 0 Å². The Morgan fingerprint density at radius 3 is 2.00 bits per heavy atom. The molecule has 2 heteroatoms. The lowest BCUT2D eigenvalue weighted by molar-refractivity contribution is 0.306. The summed E-state index contributed by atoms with van der Waals surface area (Å²) in [6.07, 6.45) is 2.38. The topological polar surface area (TPSA) is 3.24 Å². The lowest BCUT2D eigenvalue weighted by atomic mass is 10.1. The van der Waals surface area contributed by atoms with Crippen molar-refractivity contribution in [2.24, 2.45) is 5.92 Å². The lowest BCUT2D eigenvalue weighted by Gasteiger charge is -2.18. The van der Waals surface area contributed by atoms with Gasteiger partial charge in [0.05, 0.1) is 0 Å². The first-order valence-corrected chi connectivity index (χ1v) is 5.28. The zero-order valence-electron chi connectivity index (χ0n) is 8.81. The van der Waals surface area contributed by atoms with E-state index in [1.165, 1.54) is 13.0 Å². The van der Waals surface area contributed by atoms with Crippen LogP contribution in [-0.2, 0) is 0 Å². The highest BCUT2D eigenvalue weighted by Crippen LogP contribution is 2.04. The molecule has 0 N–H and O–H groups in total. The van der Waals surface area contributed by atoms with Crippen LogP contribution in [0.25, 0.3) is 0 Å². The highest BCUT2D eigenvalue weighted by Gasteiger charge is 2.02. The Hall–Kier alpha value is 0.250. The van der Waals surface area contributed by atoms with E-state index in [1.54, 1.807) is 0 Å². The van der Waals surface area contributed by atoms with Gasteiger partial charge >= 0.3 is 0 Å². The molecular weight excluding hydrogens is 170 g/mol. The normalized spacial score (nSPS) is 14.2. The molecule has 0 spiro atoms. The minimum absolute atomic E-state index is 0.312. The molecule has 0 saturated heterocycles. The second kappa shape index (κ2) is 6.73. The number of nitrogens with zero attached hydrogens (tertiary/aromatic N) is 1. The van der Waals surface area contributed by atoms with Crippen molar-refractivity contribution >= 4 is 11.6 Å². The predicted molar refractivity (Wildman–Crippen MR) is 56.9 cm³/mol. The summed E-state index contributed by atoms with van der Waals surface area (Å²) in [5, 5.41) is 0.312. The van der Waals surface area contributed by atoms with Crippen molar-refractivity contribution in [3.05, 3.63) is 0 Å². The number of rotatable bonds is 6. The van der Waals surface area contributed by atoms with Gasteiger partial charge in [-0.25, -0.2) is 0 Å². The maximum absolute atomic E-state index is 5.86. The van der Waals surface area contributed by atoms with Crippen LogP contribution in [0, 0.1) is 5.92 Å². The molecule has 12 heavy (non-hydrogen) atoms. The molecule has 0 aliphatic carbocycles. The molecule has 0 amide bonds. The summed E-state index contributed by atoms with van der Waals surface area (Å²) in [7, 11) is 2.17. The average Bonchev–Trinajstić information content (AvgIpc) is 1.96. The first kappa shape index (κ1) is 12.2. The quantitative estimate of drug-likeness (QED) is 0.584. The smallest absolute Gasteiger partial charge is 0.0320 e. The van der Waals surface area contributed by atoms with Crippen LogP contribution in [0.3, 0.4) is 0 Å². The van der Waals surface area contributed by atoms with Crippen molar-refractivity contribution in [1.82, 2.24) is 4.90 Å². The van der Waals surface area contributed by atoms with Crippen LogP contribution >= 0.6 is 11.6 Å². The second-order valence-electron chi connectivity index (χ2n) is 4.06. The van der Waals surface area contributed by atoms with Crippen molar-refractivity contribution in [2.75, 3.05) is 20.1 Å². The molecule has 0 aliphatic heterocycles. The Bertz CT molecular complexity index is 90.0. The molecule has 0 saturated carbocycles. The fourth-order valence-corrected chi connectivity index (χ4v) is 1.09. The number of hydrogen-bond donors (Lipinski definition) is 0. The largest absolute Gasteiger partial charge is 0.306 e. The maximum atomic E-state index is 5.86. The fourth-order valence-electron chi connectivity index (χ4n) is 0.989. The molecule has 0 aliphatic rings. The zero-order chi connectivity index (χ0) is 9.56. The van der Waals surface area contributed by atoms with Crippen molar-refractivity contribution in [1.29, 1.82) is 0 Å². The third-order valence-electron chi connectivity index (χ3n) is 2.00. The minimum Gasteiger partial charge on any atom is -0.306 e. The lowest BCUT2D eigenvalue weighted by Crippen LogP contribution is -2.23. The molecule has 1 unspecified atom stereocenters. The van der Waals surface area contributed by atoms with Gasteiger partial charge in [0.15, 0.2) is 0 Å². The van der Waals surface area contributed by atoms with Crippen molar-refractivity contribution < 1.29 is 0 Å². The fraction of sp³-hybridized carbons (Fsp3) is 1.00. The highest BCUT2D eigenvalue weighted by molar-refractivity contribution is 6.20. The first-order chi connectivity index (χ1) is 5.52. The summed E-state index contributed by atoms with van der Waals surface area (Å²) < 4.78 is 0. The summed E-state index contributed by atoms with van der Waals surface area (Å²) in [6, 6.07) is 0. The van der Waals surface area contributed by atoms with Crippen molar-refractivity contribution in [3.63, 3.8) is 0 Å². The molecule has 0 aromatic rings. The van der Waals surface area contributed by atoms with E-state index in [9.17, 15) is 0 Å². The first-order valence-electron chi connectivity index (χ1n) is 4.85. The molecule has 0 rings (SSSR count). The summed E-state index contributed by atoms with van der Waals surface area (Å²) in [5.74, 6) is 0.806. The second-order valence-corrected chi connectivity index (χ2v) is 4.80. The summed E-state index contributed by atoms with van der Waals surface area (Å²) in [6.45, 7) is 8.90. The Kier molecular flexibility index (Phi) is 6.87. The molecule has 0 aromatic heterocycles. The summed E-state index contributed by atoms with van der Waals surface area (Å²) in [4.78, 5) is 2.36. The van der Waals surface area contributed by atoms with Gasteiger partial charge in [-0.05, 0) is 45.8 Å². The Labute approximate surface area is 82.1 Å². The van der Waals surface area contributed by atoms with Gasteiger partial charge in [-0.1, -0.05) is 13.8 Å². The van der Waals surface area contributed by atoms with Crippen LogP contribution in [0.2, 0.25) is 0 Å². The van der Waals surface area contributed by atoms with Gasteiger partial charge in [0.1, 0.15) is 0 Å². The standard InChI is InChI=1S/C10H22ClN/c1-9(2)5-7-12(4)8-6-10(3)11/h9-10H,5-8H2,1-4H3. The van der Waals surface area contributed by atoms with E-state index in [-0.39, 0.29) is 0 Å². The highest BCUT2D eigenvalue weighted by atomic mass is 35.5. The Morgan fingerprint density at radius 2 is 1.58 bits per heavy atom. The van der Waals surface area contributed by atoms with Crippen molar-refractivity contribution in [2.45, 2.75) is 39.0 Å². The summed E-state index contributed by atoms with van der Waals surface area (Å²) in [5.41, 5.74) is 0. The van der Waals surface area contributed by atoms with Crippen molar-refractivity contribution in [3.8, 4) is 0 Å². The van der Waals surface area contributed by atoms with E-state index in [4.69, 9.17) is 11.6 Å². The van der Waals surface area contributed by atoms with E-state index >= 15 is 0 Å². The van der Waals surface area contributed by atoms with Gasteiger partial charge in [-0.15, -0.1) is 11.6 Å². The van der Waals surface area contributed by atoms with E-state index in [2.05, 4.69) is 32.7 Å². The SMILES string of the molecule is CC(C)CCN(C)CCC(C)Cl. The Balaban J connectivity index is 3.27. The predicted octanol–water partition coefficient (Wildman–Crippen LogP) is 2.98. The monoisotopic (exact) mass is 191 g/mol. The number of hydrogen-bond acceptors (Lipinski definition) is 1. The third-order valence-corrected chi connectivity index (χ3v) is 2.21. The molecule has 0 heterocycles. The van der Waals surface area contributed by atoms with Gasteiger partial charge < -0.3 is 4.90 Å². The number of alkyl halides is 1. The van der Waals surface area contributed by atoms with Gasteiger partial charge in [-0.3, -0.25) is 0 Å².